The first kappa shape index (κ1) is 7.63. The monoisotopic (exact) mass is 137 g/mol. The fourth-order valence-corrected chi connectivity index (χ4v) is 1.45. The van der Waals surface area contributed by atoms with Gasteiger partial charge >= 0.3 is 0 Å². The third kappa shape index (κ3) is 1.52. The Bertz CT molecular complexity index is 145. The third-order valence-electron chi connectivity index (χ3n) is 2.38. The lowest BCUT2D eigenvalue weighted by molar-refractivity contribution is 0.189. The zero-order valence-corrected chi connectivity index (χ0v) is 6.80. The van der Waals surface area contributed by atoms with Crippen LogP contribution in [0, 0.1) is 24.2 Å². The number of terminal acetylenes is 1. The Morgan fingerprint density at radius 3 is 2.80 bits per heavy atom. The van der Waals surface area contributed by atoms with Gasteiger partial charge in [-0.1, -0.05) is 6.92 Å². The summed E-state index contributed by atoms with van der Waals surface area (Å²) in [5, 5.41) is 0. The average molecular weight is 137 g/mol. The maximum atomic E-state index is 5.38. The van der Waals surface area contributed by atoms with Crippen LogP contribution >= 0.6 is 0 Å². The van der Waals surface area contributed by atoms with Crippen molar-refractivity contribution in [1.82, 2.24) is 4.90 Å². The van der Waals surface area contributed by atoms with Crippen molar-refractivity contribution in [1.29, 1.82) is 0 Å². The van der Waals surface area contributed by atoms with Gasteiger partial charge in [0, 0.05) is 12.5 Å². The lowest BCUT2D eigenvalue weighted by Gasteiger charge is -2.31. The Morgan fingerprint density at radius 1 is 1.60 bits per heavy atom. The van der Waals surface area contributed by atoms with E-state index < -0.39 is 0 Å². The third-order valence-corrected chi connectivity index (χ3v) is 2.38. The molecule has 10 heavy (non-hydrogen) atoms. The largest absolute Gasteiger partial charge is 0.305 e. The van der Waals surface area contributed by atoms with Crippen LogP contribution in [-0.4, -0.2) is 25.0 Å². The molecule has 0 radical (unpaired) electrons. The van der Waals surface area contributed by atoms with Crippen molar-refractivity contribution in [3.63, 3.8) is 0 Å². The van der Waals surface area contributed by atoms with Gasteiger partial charge in [-0.05, 0) is 25.9 Å². The zero-order valence-electron chi connectivity index (χ0n) is 6.80. The van der Waals surface area contributed by atoms with Gasteiger partial charge in [0.15, 0.2) is 0 Å². The van der Waals surface area contributed by atoms with E-state index in [0.717, 1.165) is 12.5 Å². The van der Waals surface area contributed by atoms with E-state index in [9.17, 15) is 0 Å². The molecule has 1 saturated heterocycles. The topological polar surface area (TPSA) is 3.24 Å². The number of hydrogen-bond donors (Lipinski definition) is 0. The highest BCUT2D eigenvalue weighted by Crippen LogP contribution is 2.20. The van der Waals surface area contributed by atoms with Crippen molar-refractivity contribution in [2.75, 3.05) is 20.1 Å². The normalized spacial score (nSPS) is 35.3. The molecule has 1 aliphatic rings. The van der Waals surface area contributed by atoms with Crippen LogP contribution in [0.2, 0.25) is 0 Å². The second-order valence-electron chi connectivity index (χ2n) is 3.30. The lowest BCUT2D eigenvalue weighted by atomic mass is 9.88. The molecule has 0 aromatic heterocycles. The van der Waals surface area contributed by atoms with Gasteiger partial charge < -0.3 is 4.90 Å². The molecule has 1 heteroatoms. The van der Waals surface area contributed by atoms with Crippen molar-refractivity contribution in [3.8, 4) is 12.3 Å². The van der Waals surface area contributed by atoms with Gasteiger partial charge in [0.2, 0.25) is 0 Å². The maximum absolute atomic E-state index is 5.38. The highest BCUT2D eigenvalue weighted by Gasteiger charge is 2.21. The molecule has 2 atom stereocenters. The van der Waals surface area contributed by atoms with Crippen molar-refractivity contribution in [2.45, 2.75) is 13.3 Å². The van der Waals surface area contributed by atoms with E-state index >= 15 is 0 Å². The van der Waals surface area contributed by atoms with Crippen LogP contribution in [0.4, 0.5) is 0 Å². The van der Waals surface area contributed by atoms with Gasteiger partial charge in [0.25, 0.3) is 0 Å². The number of nitrogens with zero attached hydrogens (tertiary/aromatic N) is 1. The minimum atomic E-state index is 0.485. The molecule has 1 fully saturated rings. The zero-order chi connectivity index (χ0) is 7.56. The first-order chi connectivity index (χ1) is 4.74. The number of piperidine rings is 1. The number of rotatable bonds is 0. The molecular formula is C9H15N. The first-order valence-electron chi connectivity index (χ1n) is 3.88. The van der Waals surface area contributed by atoms with Crippen molar-refractivity contribution >= 4 is 0 Å². The Kier molecular flexibility index (Phi) is 2.34. The van der Waals surface area contributed by atoms with Crippen LogP contribution < -0.4 is 0 Å². The molecule has 1 nitrogen and oxygen atoms in total. The maximum Gasteiger partial charge on any atom is 0.0353 e. The quantitative estimate of drug-likeness (QED) is 0.454. The van der Waals surface area contributed by atoms with Crippen LogP contribution in [0.1, 0.15) is 13.3 Å². The first-order valence-corrected chi connectivity index (χ1v) is 3.88. The van der Waals surface area contributed by atoms with Crippen LogP contribution in [0.15, 0.2) is 0 Å². The molecule has 0 aromatic rings. The fraction of sp³-hybridized carbons (Fsp3) is 0.778. The number of hydrogen-bond acceptors (Lipinski definition) is 1. The summed E-state index contributed by atoms with van der Waals surface area (Å²) < 4.78 is 0. The minimum absolute atomic E-state index is 0.485. The predicted octanol–water partition coefficient (Wildman–Crippen LogP) is 1.21. The molecule has 0 saturated carbocycles. The summed E-state index contributed by atoms with van der Waals surface area (Å²) in [5.41, 5.74) is 0. The van der Waals surface area contributed by atoms with E-state index in [1.807, 2.05) is 0 Å². The molecule has 56 valence electrons. The molecule has 0 unspecified atom stereocenters. The summed E-state index contributed by atoms with van der Waals surface area (Å²) in [5.74, 6) is 4.05. The second-order valence-corrected chi connectivity index (χ2v) is 3.30. The van der Waals surface area contributed by atoms with Gasteiger partial charge in [0.05, 0.1) is 0 Å². The molecular weight excluding hydrogens is 122 g/mol. The summed E-state index contributed by atoms with van der Waals surface area (Å²) in [7, 11) is 2.14. The summed E-state index contributed by atoms with van der Waals surface area (Å²) in [4.78, 5) is 2.31. The second kappa shape index (κ2) is 3.07. The molecule has 0 N–H and O–H groups in total. The van der Waals surface area contributed by atoms with Crippen LogP contribution in [0.5, 0.6) is 0 Å². The van der Waals surface area contributed by atoms with Crippen molar-refractivity contribution < 1.29 is 0 Å². The van der Waals surface area contributed by atoms with Crippen molar-refractivity contribution in [2.24, 2.45) is 11.8 Å². The fourth-order valence-electron chi connectivity index (χ4n) is 1.45. The Balaban J connectivity index is 2.47. The Hall–Kier alpha value is -0.480. The lowest BCUT2D eigenvalue weighted by Crippen LogP contribution is -2.36. The predicted molar refractivity (Wildman–Crippen MR) is 43.6 cm³/mol. The average Bonchev–Trinajstić information content (AvgIpc) is 1.94. The Morgan fingerprint density at radius 2 is 2.30 bits per heavy atom. The molecule has 0 aliphatic carbocycles. The SMILES string of the molecule is C#C[C@@H]1CN(C)CC[C@@H]1C. The molecule has 0 spiro atoms. The number of likely N-dealkylation sites (tertiary alicyclic amines) is 1. The Labute approximate surface area is 63.4 Å². The molecule has 1 heterocycles. The van der Waals surface area contributed by atoms with Crippen LogP contribution in [-0.2, 0) is 0 Å². The highest BCUT2D eigenvalue weighted by molar-refractivity contribution is 4.98. The minimum Gasteiger partial charge on any atom is -0.305 e. The summed E-state index contributed by atoms with van der Waals surface area (Å²) in [6, 6.07) is 0. The standard InChI is InChI=1S/C9H15N/c1-4-9-7-10(3)6-5-8(9)2/h1,8-9H,5-7H2,2-3H3/t8-,9+/m0/s1. The van der Waals surface area contributed by atoms with E-state index in [4.69, 9.17) is 6.42 Å². The van der Waals surface area contributed by atoms with Crippen LogP contribution in [0.3, 0.4) is 0 Å². The highest BCUT2D eigenvalue weighted by atomic mass is 15.1. The molecule has 0 bridgehead atoms. The van der Waals surface area contributed by atoms with E-state index in [2.05, 4.69) is 24.8 Å². The van der Waals surface area contributed by atoms with Gasteiger partial charge in [-0.15, -0.1) is 12.3 Å². The molecule has 0 amide bonds. The van der Waals surface area contributed by atoms with Crippen molar-refractivity contribution in [3.05, 3.63) is 0 Å². The smallest absolute Gasteiger partial charge is 0.0353 e. The van der Waals surface area contributed by atoms with E-state index in [-0.39, 0.29) is 0 Å². The van der Waals surface area contributed by atoms with Gasteiger partial charge in [-0.2, -0.15) is 0 Å². The van der Waals surface area contributed by atoms with E-state index in [1.54, 1.807) is 0 Å². The molecule has 1 rings (SSSR count). The molecule has 1 aliphatic heterocycles. The van der Waals surface area contributed by atoms with E-state index in [0.29, 0.717) is 5.92 Å². The summed E-state index contributed by atoms with van der Waals surface area (Å²) in [6.45, 7) is 4.54. The molecule has 0 aromatic carbocycles. The van der Waals surface area contributed by atoms with Gasteiger partial charge in [-0.25, -0.2) is 0 Å². The van der Waals surface area contributed by atoms with Crippen LogP contribution in [0.25, 0.3) is 0 Å². The van der Waals surface area contributed by atoms with Gasteiger partial charge in [-0.3, -0.25) is 0 Å². The summed E-state index contributed by atoms with van der Waals surface area (Å²) in [6.07, 6.45) is 6.63. The van der Waals surface area contributed by atoms with Gasteiger partial charge in [0.1, 0.15) is 0 Å². The summed E-state index contributed by atoms with van der Waals surface area (Å²) >= 11 is 0. The van der Waals surface area contributed by atoms with E-state index in [1.165, 1.54) is 13.0 Å².